The number of hydrogen-bond donors (Lipinski definition) is 3. The zero-order valence-corrected chi connectivity index (χ0v) is 15.5. The lowest BCUT2D eigenvalue weighted by atomic mass is 10.2. The average molecular weight is 397 g/mol. The molecule has 1 aromatic carbocycles. The number of aliphatic hydroxyl groups is 1. The molecule has 1 aliphatic rings. The van der Waals surface area contributed by atoms with Crippen LogP contribution in [0.5, 0.6) is 0 Å². The van der Waals surface area contributed by atoms with Gasteiger partial charge in [0.2, 0.25) is 5.91 Å². The molecule has 146 valence electrons. The maximum atomic E-state index is 12.4. The van der Waals surface area contributed by atoms with Crippen molar-refractivity contribution in [1.82, 2.24) is 9.62 Å². The van der Waals surface area contributed by atoms with Crippen LogP contribution in [0.15, 0.2) is 40.4 Å². The Morgan fingerprint density at radius 2 is 1.89 bits per heavy atom. The Labute approximate surface area is 155 Å². The SMILES string of the molecule is COC(=O)C1=C(Nc2ccc(S(=O)(=O)NC(C)=O)cc2)C(=O)N(CCO)C1. The van der Waals surface area contributed by atoms with E-state index in [1.807, 2.05) is 4.72 Å². The van der Waals surface area contributed by atoms with Crippen LogP contribution >= 0.6 is 0 Å². The summed E-state index contributed by atoms with van der Waals surface area (Å²) in [5.74, 6) is -1.89. The maximum absolute atomic E-state index is 12.4. The molecule has 0 aliphatic carbocycles. The monoisotopic (exact) mass is 397 g/mol. The van der Waals surface area contributed by atoms with Gasteiger partial charge in [0.15, 0.2) is 0 Å². The molecule has 1 heterocycles. The second-order valence-corrected chi connectivity index (χ2v) is 7.29. The number of ether oxygens (including phenoxy) is 1. The molecule has 3 N–H and O–H groups in total. The van der Waals surface area contributed by atoms with Crippen LogP contribution in [-0.4, -0.2) is 63.0 Å². The lowest BCUT2D eigenvalue weighted by Gasteiger charge is -2.15. The highest BCUT2D eigenvalue weighted by atomic mass is 32.2. The Bertz CT molecular complexity index is 891. The number of carbonyl (C=O) groups is 3. The van der Waals surface area contributed by atoms with Crippen molar-refractivity contribution < 1.29 is 32.6 Å². The molecule has 0 bridgehead atoms. The molecule has 1 aromatic rings. The Kier molecular flexibility index (Phi) is 6.18. The maximum Gasteiger partial charge on any atom is 0.337 e. The number of methoxy groups -OCH3 is 1. The summed E-state index contributed by atoms with van der Waals surface area (Å²) in [4.78, 5) is 36.5. The van der Waals surface area contributed by atoms with Gasteiger partial charge in [0.1, 0.15) is 5.70 Å². The molecule has 0 fully saturated rings. The Hall–Kier alpha value is -2.92. The first-order valence-electron chi connectivity index (χ1n) is 7.81. The fraction of sp³-hybridized carbons (Fsp3) is 0.312. The Morgan fingerprint density at radius 1 is 1.26 bits per heavy atom. The summed E-state index contributed by atoms with van der Waals surface area (Å²) in [6.07, 6.45) is 0. The van der Waals surface area contributed by atoms with Crippen molar-refractivity contribution in [3.63, 3.8) is 0 Å². The molecule has 0 unspecified atom stereocenters. The topological polar surface area (TPSA) is 142 Å². The average Bonchev–Trinajstić information content (AvgIpc) is 2.90. The summed E-state index contributed by atoms with van der Waals surface area (Å²) in [6.45, 7) is 0.864. The van der Waals surface area contributed by atoms with Crippen molar-refractivity contribution in [2.24, 2.45) is 0 Å². The number of benzene rings is 1. The number of anilines is 1. The van der Waals surface area contributed by atoms with Gasteiger partial charge in [-0.05, 0) is 24.3 Å². The van der Waals surface area contributed by atoms with Gasteiger partial charge in [-0.25, -0.2) is 17.9 Å². The second-order valence-electron chi connectivity index (χ2n) is 5.61. The minimum absolute atomic E-state index is 0.00670. The zero-order valence-electron chi connectivity index (χ0n) is 14.7. The van der Waals surface area contributed by atoms with Gasteiger partial charge in [0, 0.05) is 19.2 Å². The van der Waals surface area contributed by atoms with Gasteiger partial charge >= 0.3 is 5.97 Å². The first kappa shape index (κ1) is 20.4. The molecule has 0 atom stereocenters. The third kappa shape index (κ3) is 4.63. The van der Waals surface area contributed by atoms with E-state index in [1.165, 1.54) is 36.3 Å². The molecule has 0 spiro atoms. The van der Waals surface area contributed by atoms with E-state index in [0.717, 1.165) is 6.92 Å². The highest BCUT2D eigenvalue weighted by molar-refractivity contribution is 7.90. The van der Waals surface area contributed by atoms with Crippen molar-refractivity contribution in [2.75, 3.05) is 32.1 Å². The van der Waals surface area contributed by atoms with Crippen LogP contribution in [0.1, 0.15) is 6.92 Å². The lowest BCUT2D eigenvalue weighted by Crippen LogP contribution is -2.31. The van der Waals surface area contributed by atoms with Crippen LogP contribution in [0.4, 0.5) is 5.69 Å². The number of aliphatic hydroxyl groups excluding tert-OH is 1. The van der Waals surface area contributed by atoms with E-state index >= 15 is 0 Å². The fourth-order valence-corrected chi connectivity index (χ4v) is 3.45. The molecule has 11 heteroatoms. The molecule has 0 aromatic heterocycles. The van der Waals surface area contributed by atoms with Crippen LogP contribution in [0.2, 0.25) is 0 Å². The van der Waals surface area contributed by atoms with Crippen LogP contribution in [0, 0.1) is 0 Å². The predicted octanol–water partition coefficient (Wildman–Crippen LogP) is -0.815. The number of hydrogen-bond acceptors (Lipinski definition) is 8. The van der Waals surface area contributed by atoms with Crippen LogP contribution in [0.25, 0.3) is 0 Å². The molecule has 2 rings (SSSR count). The summed E-state index contributed by atoms with van der Waals surface area (Å²) in [6, 6.07) is 5.27. The van der Waals surface area contributed by atoms with Gasteiger partial charge in [-0.15, -0.1) is 0 Å². The van der Waals surface area contributed by atoms with Gasteiger partial charge in [-0.1, -0.05) is 0 Å². The normalized spacial score (nSPS) is 14.3. The standard InChI is InChI=1S/C16H19N3O7S/c1-10(21)18-27(24,25)12-5-3-11(4-6-12)17-14-13(16(23)26-2)9-19(7-8-20)15(14)22/h3-6,17,20H,7-9H2,1-2H3,(H,18,21). The Balaban J connectivity index is 2.27. The number of rotatable bonds is 7. The first-order chi connectivity index (χ1) is 12.7. The predicted molar refractivity (Wildman–Crippen MR) is 93.8 cm³/mol. The summed E-state index contributed by atoms with van der Waals surface area (Å²) >= 11 is 0. The van der Waals surface area contributed by atoms with Gasteiger partial charge in [-0.3, -0.25) is 9.59 Å². The Morgan fingerprint density at radius 3 is 2.41 bits per heavy atom. The van der Waals surface area contributed by atoms with E-state index in [0.29, 0.717) is 5.69 Å². The molecular formula is C16H19N3O7S. The quantitative estimate of drug-likeness (QED) is 0.507. The minimum atomic E-state index is -3.97. The van der Waals surface area contributed by atoms with E-state index in [1.54, 1.807) is 0 Å². The number of nitrogens with one attached hydrogen (secondary N) is 2. The first-order valence-corrected chi connectivity index (χ1v) is 9.30. The number of β-amino-alcohol motifs (C(OH)–C–C–N with tert-alkyl or cyclic N) is 1. The van der Waals surface area contributed by atoms with Crippen LogP contribution in [0.3, 0.4) is 0 Å². The lowest BCUT2D eigenvalue weighted by molar-refractivity contribution is -0.136. The minimum Gasteiger partial charge on any atom is -0.466 e. The molecular weight excluding hydrogens is 378 g/mol. The van der Waals surface area contributed by atoms with E-state index in [2.05, 4.69) is 10.1 Å². The van der Waals surface area contributed by atoms with Crippen LogP contribution in [-0.2, 0) is 29.1 Å². The molecule has 0 radical (unpaired) electrons. The van der Waals surface area contributed by atoms with Crippen molar-refractivity contribution in [2.45, 2.75) is 11.8 Å². The number of carbonyl (C=O) groups excluding carboxylic acids is 3. The zero-order chi connectivity index (χ0) is 20.2. The molecule has 2 amide bonds. The number of amides is 2. The largest absolute Gasteiger partial charge is 0.466 e. The summed E-state index contributed by atoms with van der Waals surface area (Å²) in [7, 11) is -2.79. The molecule has 10 nitrogen and oxygen atoms in total. The molecule has 1 aliphatic heterocycles. The van der Waals surface area contributed by atoms with Gasteiger partial charge < -0.3 is 20.1 Å². The number of sulfonamides is 1. The highest BCUT2D eigenvalue weighted by Gasteiger charge is 2.34. The smallest absolute Gasteiger partial charge is 0.337 e. The van der Waals surface area contributed by atoms with Gasteiger partial charge in [0.05, 0.1) is 30.7 Å². The second kappa shape index (κ2) is 8.18. The van der Waals surface area contributed by atoms with E-state index in [-0.39, 0.29) is 35.9 Å². The molecule has 0 saturated carbocycles. The summed E-state index contributed by atoms with van der Waals surface area (Å²) in [5.41, 5.74) is 0.450. The van der Waals surface area contributed by atoms with Crippen molar-refractivity contribution >= 4 is 33.5 Å². The van der Waals surface area contributed by atoms with E-state index < -0.39 is 27.8 Å². The number of nitrogens with zero attached hydrogens (tertiary/aromatic N) is 1. The van der Waals surface area contributed by atoms with Gasteiger partial charge in [0.25, 0.3) is 15.9 Å². The third-order valence-corrected chi connectivity index (χ3v) is 5.11. The highest BCUT2D eigenvalue weighted by Crippen LogP contribution is 2.23. The van der Waals surface area contributed by atoms with Gasteiger partial charge in [-0.2, -0.15) is 0 Å². The van der Waals surface area contributed by atoms with E-state index in [9.17, 15) is 22.8 Å². The molecule has 0 saturated heterocycles. The van der Waals surface area contributed by atoms with Crippen molar-refractivity contribution in [1.29, 1.82) is 0 Å². The number of esters is 1. The summed E-state index contributed by atoms with van der Waals surface area (Å²) < 4.78 is 30.4. The summed E-state index contributed by atoms with van der Waals surface area (Å²) in [5, 5.41) is 11.8. The molecule has 27 heavy (non-hydrogen) atoms. The van der Waals surface area contributed by atoms with Crippen molar-refractivity contribution in [3.8, 4) is 0 Å². The van der Waals surface area contributed by atoms with Crippen molar-refractivity contribution in [3.05, 3.63) is 35.5 Å². The van der Waals surface area contributed by atoms with Crippen LogP contribution < -0.4 is 10.0 Å². The van der Waals surface area contributed by atoms with E-state index in [4.69, 9.17) is 5.11 Å². The third-order valence-electron chi connectivity index (χ3n) is 3.67. The fourth-order valence-electron chi connectivity index (χ4n) is 2.46.